The number of nitrogens with zero attached hydrogens (tertiary/aromatic N) is 1. The maximum Gasteiger partial charge on any atom is 0.0540 e. The highest BCUT2D eigenvalue weighted by atomic mass is 32.1. The van der Waals surface area contributed by atoms with Crippen LogP contribution in [0.5, 0.6) is 0 Å². The van der Waals surface area contributed by atoms with Crippen molar-refractivity contribution in [1.29, 1.82) is 0 Å². The van der Waals surface area contributed by atoms with Gasteiger partial charge in [0.15, 0.2) is 0 Å². The Hall–Kier alpha value is -7.00. The molecule has 0 aliphatic heterocycles. The number of para-hydroxylation sites is 1. The van der Waals surface area contributed by atoms with Gasteiger partial charge in [0.25, 0.3) is 0 Å². The molecule has 1 nitrogen and oxygen atoms in total. The molecule has 0 atom stereocenters. The molecule has 0 spiro atoms. The Morgan fingerprint density at radius 2 is 0.839 bits per heavy atom. The van der Waals surface area contributed by atoms with Crippen LogP contribution in [0.15, 0.2) is 212 Å². The Labute approximate surface area is 330 Å². The monoisotopic (exact) mass is 729 g/mol. The molecule has 262 valence electrons. The summed E-state index contributed by atoms with van der Waals surface area (Å²) in [7, 11) is 0. The summed E-state index contributed by atoms with van der Waals surface area (Å²) in [4.78, 5) is 2.42. The fraction of sp³-hybridized carbons (Fsp3) is 0. The van der Waals surface area contributed by atoms with E-state index in [4.69, 9.17) is 0 Å². The highest BCUT2D eigenvalue weighted by Gasteiger charge is 2.20. The smallest absolute Gasteiger partial charge is 0.0540 e. The van der Waals surface area contributed by atoms with E-state index < -0.39 is 0 Å². The number of fused-ring (bicyclic) bond motifs is 7. The summed E-state index contributed by atoms with van der Waals surface area (Å²) in [5.74, 6) is 0. The molecule has 0 saturated carbocycles. The third-order valence-electron chi connectivity index (χ3n) is 11.3. The molecule has 0 unspecified atom stereocenters. The third-order valence-corrected chi connectivity index (χ3v) is 12.4. The quantitative estimate of drug-likeness (QED) is 0.154. The van der Waals surface area contributed by atoms with Crippen molar-refractivity contribution >= 4 is 80.9 Å². The van der Waals surface area contributed by atoms with E-state index in [1.807, 2.05) is 11.3 Å². The summed E-state index contributed by atoms with van der Waals surface area (Å²) in [6.07, 6.45) is 0. The standard InChI is InChI=1S/C54H35NS/c1-3-15-43-37(12-1)14-11-21-44(43)38-26-31-42(32-27-38)55(41-29-24-36(25-30-41)39-28-33-54-51(34-39)49-20-8-10-23-53(49)56-54)52-22-9-7-19-48(52)50-35-40-13-2-4-16-45(40)46-17-5-6-18-47(46)50/h1-35H. The highest BCUT2D eigenvalue weighted by molar-refractivity contribution is 7.25. The summed E-state index contributed by atoms with van der Waals surface area (Å²) in [5, 5.41) is 10.2. The predicted octanol–water partition coefficient (Wildman–Crippen LogP) is 16.0. The van der Waals surface area contributed by atoms with Crippen LogP contribution in [0.25, 0.3) is 85.9 Å². The van der Waals surface area contributed by atoms with Gasteiger partial charge in [-0.1, -0.05) is 158 Å². The van der Waals surface area contributed by atoms with Gasteiger partial charge in [0.1, 0.15) is 0 Å². The van der Waals surface area contributed by atoms with Crippen LogP contribution in [0, 0.1) is 0 Å². The van der Waals surface area contributed by atoms with Crippen molar-refractivity contribution in [2.75, 3.05) is 4.90 Å². The molecule has 10 aromatic carbocycles. The van der Waals surface area contributed by atoms with Gasteiger partial charge < -0.3 is 4.90 Å². The molecule has 56 heavy (non-hydrogen) atoms. The summed E-state index contributed by atoms with van der Waals surface area (Å²) in [5.41, 5.74) is 10.6. The van der Waals surface area contributed by atoms with E-state index in [0.717, 1.165) is 17.1 Å². The Morgan fingerprint density at radius 1 is 0.286 bits per heavy atom. The molecule has 0 fully saturated rings. The minimum Gasteiger partial charge on any atom is -0.310 e. The Morgan fingerprint density at radius 3 is 1.64 bits per heavy atom. The molecule has 1 aromatic heterocycles. The maximum absolute atomic E-state index is 2.42. The summed E-state index contributed by atoms with van der Waals surface area (Å²) >= 11 is 1.86. The van der Waals surface area contributed by atoms with Crippen LogP contribution in [-0.4, -0.2) is 0 Å². The Kier molecular flexibility index (Phi) is 7.75. The lowest BCUT2D eigenvalue weighted by molar-refractivity contribution is 1.28. The number of thiophene rings is 1. The van der Waals surface area contributed by atoms with Crippen LogP contribution in [-0.2, 0) is 0 Å². The van der Waals surface area contributed by atoms with Crippen LogP contribution in [0.3, 0.4) is 0 Å². The molecule has 1 heterocycles. The lowest BCUT2D eigenvalue weighted by Crippen LogP contribution is -2.11. The zero-order valence-corrected chi connectivity index (χ0v) is 31.4. The summed E-state index contributed by atoms with van der Waals surface area (Å²) < 4.78 is 2.65. The van der Waals surface area contributed by atoms with Gasteiger partial charge in [-0.05, 0) is 115 Å². The van der Waals surface area contributed by atoms with E-state index in [2.05, 4.69) is 217 Å². The van der Waals surface area contributed by atoms with E-state index in [1.54, 1.807) is 0 Å². The van der Waals surface area contributed by atoms with Gasteiger partial charge in [-0.25, -0.2) is 0 Å². The van der Waals surface area contributed by atoms with Crippen LogP contribution in [0.1, 0.15) is 0 Å². The molecule has 0 aliphatic rings. The van der Waals surface area contributed by atoms with Gasteiger partial charge in [0, 0.05) is 37.1 Å². The fourth-order valence-corrected chi connectivity index (χ4v) is 9.66. The fourth-order valence-electron chi connectivity index (χ4n) is 8.58. The number of benzene rings is 10. The first kappa shape index (κ1) is 32.4. The van der Waals surface area contributed by atoms with E-state index in [0.29, 0.717) is 0 Å². The lowest BCUT2D eigenvalue weighted by atomic mass is 9.92. The predicted molar refractivity (Wildman–Crippen MR) is 243 cm³/mol. The van der Waals surface area contributed by atoms with Gasteiger partial charge in [-0.2, -0.15) is 0 Å². The van der Waals surface area contributed by atoms with Crippen molar-refractivity contribution in [1.82, 2.24) is 0 Å². The molecule has 0 aliphatic carbocycles. The molecule has 11 rings (SSSR count). The Balaban J connectivity index is 1.07. The number of rotatable bonds is 6. The molecule has 0 N–H and O–H groups in total. The van der Waals surface area contributed by atoms with Crippen LogP contribution in [0.2, 0.25) is 0 Å². The highest BCUT2D eigenvalue weighted by Crippen LogP contribution is 2.45. The molecule has 0 bridgehead atoms. The van der Waals surface area contributed by atoms with E-state index in [-0.39, 0.29) is 0 Å². The van der Waals surface area contributed by atoms with Crippen molar-refractivity contribution in [2.45, 2.75) is 0 Å². The van der Waals surface area contributed by atoms with Crippen molar-refractivity contribution < 1.29 is 0 Å². The van der Waals surface area contributed by atoms with Crippen molar-refractivity contribution in [3.63, 3.8) is 0 Å². The van der Waals surface area contributed by atoms with E-state index in [1.165, 1.54) is 85.9 Å². The van der Waals surface area contributed by atoms with E-state index >= 15 is 0 Å². The average molecular weight is 730 g/mol. The summed E-state index contributed by atoms with van der Waals surface area (Å²) in [6, 6.07) is 77.8. The molecule has 2 heteroatoms. The first-order chi connectivity index (χ1) is 27.8. The first-order valence-corrected chi connectivity index (χ1v) is 20.0. The largest absolute Gasteiger partial charge is 0.310 e. The number of anilines is 3. The SMILES string of the molecule is c1ccc(N(c2ccc(-c3ccc4sc5ccccc5c4c3)cc2)c2ccc(-c3cccc4ccccc34)cc2)c(-c2cc3ccccc3c3ccccc23)c1. The molecule has 0 amide bonds. The first-order valence-electron chi connectivity index (χ1n) is 19.2. The van der Waals surface area contributed by atoms with Gasteiger partial charge in [0.2, 0.25) is 0 Å². The minimum absolute atomic E-state index is 1.10. The van der Waals surface area contributed by atoms with Gasteiger partial charge in [-0.3, -0.25) is 0 Å². The van der Waals surface area contributed by atoms with Crippen molar-refractivity contribution in [3.05, 3.63) is 212 Å². The molecular weight excluding hydrogens is 695 g/mol. The minimum atomic E-state index is 1.10. The second-order valence-corrected chi connectivity index (χ2v) is 15.6. The van der Waals surface area contributed by atoms with Crippen molar-refractivity contribution in [2.24, 2.45) is 0 Å². The average Bonchev–Trinajstić information content (AvgIpc) is 3.65. The third kappa shape index (κ3) is 5.46. The van der Waals surface area contributed by atoms with E-state index in [9.17, 15) is 0 Å². The Bertz CT molecular complexity index is 3240. The number of hydrogen-bond acceptors (Lipinski definition) is 2. The van der Waals surface area contributed by atoms with Crippen molar-refractivity contribution in [3.8, 4) is 33.4 Å². The second kappa shape index (κ2) is 13.4. The zero-order valence-electron chi connectivity index (χ0n) is 30.6. The van der Waals surface area contributed by atoms with Crippen LogP contribution in [0.4, 0.5) is 17.1 Å². The topological polar surface area (TPSA) is 3.24 Å². The molecule has 0 radical (unpaired) electrons. The normalized spacial score (nSPS) is 11.6. The summed E-state index contributed by atoms with van der Waals surface area (Å²) in [6.45, 7) is 0. The lowest BCUT2D eigenvalue weighted by Gasteiger charge is -2.28. The van der Waals surface area contributed by atoms with Gasteiger partial charge in [0.05, 0.1) is 5.69 Å². The van der Waals surface area contributed by atoms with Crippen LogP contribution < -0.4 is 4.90 Å². The van der Waals surface area contributed by atoms with Crippen LogP contribution >= 0.6 is 11.3 Å². The zero-order chi connectivity index (χ0) is 37.0. The molecular formula is C54H35NS. The van der Waals surface area contributed by atoms with Gasteiger partial charge >= 0.3 is 0 Å². The second-order valence-electron chi connectivity index (χ2n) is 14.5. The molecule has 11 aromatic rings. The number of hydrogen-bond donors (Lipinski definition) is 0. The maximum atomic E-state index is 2.42. The molecule has 0 saturated heterocycles. The van der Waals surface area contributed by atoms with Gasteiger partial charge in [-0.15, -0.1) is 11.3 Å².